The molecule has 0 unspecified atom stereocenters. The number of esters is 1. The van der Waals surface area contributed by atoms with Gasteiger partial charge in [0.15, 0.2) is 6.61 Å². The van der Waals surface area contributed by atoms with E-state index in [9.17, 15) is 9.59 Å². The van der Waals surface area contributed by atoms with E-state index in [4.69, 9.17) is 9.47 Å². The Morgan fingerprint density at radius 1 is 1.14 bits per heavy atom. The number of carbonyl (C=O) groups is 2. The second-order valence-corrected chi connectivity index (χ2v) is 6.54. The Bertz CT molecular complexity index is 964. The van der Waals surface area contributed by atoms with E-state index in [0.29, 0.717) is 12.2 Å². The minimum atomic E-state index is -0.784. The third kappa shape index (κ3) is 4.91. The molecule has 0 aliphatic heterocycles. The molecule has 1 atom stereocenters. The number of amides is 1. The average molecular weight is 380 g/mol. The van der Waals surface area contributed by atoms with Crippen LogP contribution >= 0.6 is 0 Å². The smallest absolute Gasteiger partial charge is 0.328 e. The van der Waals surface area contributed by atoms with Gasteiger partial charge in [-0.2, -0.15) is 0 Å². The summed E-state index contributed by atoms with van der Waals surface area (Å²) < 4.78 is 10.7. The molecule has 0 bridgehead atoms. The normalized spacial score (nSPS) is 11.8. The van der Waals surface area contributed by atoms with Crippen LogP contribution in [-0.4, -0.2) is 36.1 Å². The van der Waals surface area contributed by atoms with Crippen LogP contribution < -0.4 is 10.1 Å². The zero-order valence-electron chi connectivity index (χ0n) is 16.0. The van der Waals surface area contributed by atoms with E-state index in [1.165, 1.54) is 0 Å². The van der Waals surface area contributed by atoms with Gasteiger partial charge in [-0.25, -0.2) is 4.79 Å². The maximum absolute atomic E-state index is 12.4. The lowest BCUT2D eigenvalue weighted by molar-refractivity contribution is -0.147. The van der Waals surface area contributed by atoms with E-state index in [-0.39, 0.29) is 19.1 Å². The third-order valence-electron chi connectivity index (χ3n) is 4.36. The molecule has 0 aliphatic carbocycles. The highest BCUT2D eigenvalue weighted by atomic mass is 16.5. The average Bonchev–Trinajstić information content (AvgIpc) is 3.09. The fraction of sp³-hybridized carbons (Fsp3) is 0.273. The first-order chi connectivity index (χ1) is 13.6. The van der Waals surface area contributed by atoms with Crippen molar-refractivity contribution in [1.29, 1.82) is 0 Å². The molecule has 0 saturated heterocycles. The lowest BCUT2D eigenvalue weighted by Gasteiger charge is -2.17. The first kappa shape index (κ1) is 19.5. The van der Waals surface area contributed by atoms with Gasteiger partial charge in [-0.15, -0.1) is 0 Å². The molecule has 3 rings (SSSR count). The molecule has 6 heteroatoms. The van der Waals surface area contributed by atoms with Gasteiger partial charge >= 0.3 is 5.97 Å². The zero-order chi connectivity index (χ0) is 19.9. The zero-order valence-corrected chi connectivity index (χ0v) is 16.0. The van der Waals surface area contributed by atoms with Crippen LogP contribution in [0.2, 0.25) is 0 Å². The summed E-state index contributed by atoms with van der Waals surface area (Å²) in [6, 6.07) is 14.5. The Kier molecular flexibility index (Phi) is 6.32. The fourth-order valence-electron chi connectivity index (χ4n) is 3.05. The lowest BCUT2D eigenvalue weighted by Crippen LogP contribution is -2.45. The quantitative estimate of drug-likeness (QED) is 0.589. The van der Waals surface area contributed by atoms with Crippen LogP contribution in [0, 0.1) is 6.92 Å². The number of nitrogens with one attached hydrogen (secondary N) is 2. The van der Waals surface area contributed by atoms with Crippen LogP contribution in [0.1, 0.15) is 18.1 Å². The summed E-state index contributed by atoms with van der Waals surface area (Å²) in [4.78, 5) is 27.9. The van der Waals surface area contributed by atoms with E-state index >= 15 is 0 Å². The van der Waals surface area contributed by atoms with Crippen molar-refractivity contribution in [2.75, 3.05) is 13.2 Å². The topological polar surface area (TPSA) is 80.4 Å². The Morgan fingerprint density at radius 3 is 2.75 bits per heavy atom. The van der Waals surface area contributed by atoms with E-state index in [1.807, 2.05) is 55.6 Å². The molecule has 28 heavy (non-hydrogen) atoms. The summed E-state index contributed by atoms with van der Waals surface area (Å²) in [5, 5.41) is 3.75. The summed E-state index contributed by atoms with van der Waals surface area (Å²) in [5.74, 6) is -0.226. The number of hydrogen-bond donors (Lipinski definition) is 2. The second-order valence-electron chi connectivity index (χ2n) is 6.54. The largest absolute Gasteiger partial charge is 0.484 e. The van der Waals surface area contributed by atoms with Crippen LogP contribution in [0.3, 0.4) is 0 Å². The number of H-pyrrole nitrogens is 1. The molecule has 2 N–H and O–H groups in total. The standard InChI is InChI=1S/C22H24N2O4/c1-3-27-22(26)20(12-16-13-23-19-10-5-4-9-18(16)19)24-21(25)14-28-17-8-6-7-15(2)11-17/h4-11,13,20,23H,3,12,14H2,1-2H3,(H,24,25)/t20-/m0/s1. The highest BCUT2D eigenvalue weighted by Crippen LogP contribution is 2.19. The number of aryl methyl sites for hydroxylation is 1. The van der Waals surface area contributed by atoms with Crippen molar-refractivity contribution in [3.8, 4) is 5.75 Å². The van der Waals surface area contributed by atoms with Crippen molar-refractivity contribution in [3.63, 3.8) is 0 Å². The summed E-state index contributed by atoms with van der Waals surface area (Å²) in [6.45, 7) is 3.76. The van der Waals surface area contributed by atoms with Crippen molar-refractivity contribution in [1.82, 2.24) is 10.3 Å². The molecule has 146 valence electrons. The molecule has 0 fully saturated rings. The number of fused-ring (bicyclic) bond motifs is 1. The molecule has 1 amide bonds. The predicted molar refractivity (Wildman–Crippen MR) is 107 cm³/mol. The molecule has 1 heterocycles. The van der Waals surface area contributed by atoms with Crippen LogP contribution in [-0.2, 0) is 20.7 Å². The SMILES string of the molecule is CCOC(=O)[C@H](Cc1c[nH]c2ccccc12)NC(=O)COc1cccc(C)c1. The Labute approximate surface area is 163 Å². The first-order valence-corrected chi connectivity index (χ1v) is 9.27. The van der Waals surface area contributed by atoms with Gasteiger partial charge in [0.05, 0.1) is 6.61 Å². The number of carbonyl (C=O) groups excluding carboxylic acids is 2. The second kappa shape index (κ2) is 9.08. The lowest BCUT2D eigenvalue weighted by atomic mass is 10.0. The summed E-state index contributed by atoms with van der Waals surface area (Å²) in [5.41, 5.74) is 2.96. The van der Waals surface area contributed by atoms with Crippen LogP contribution in [0.5, 0.6) is 5.75 Å². The van der Waals surface area contributed by atoms with Gasteiger partial charge in [0, 0.05) is 23.5 Å². The van der Waals surface area contributed by atoms with Gasteiger partial charge in [0.2, 0.25) is 0 Å². The van der Waals surface area contributed by atoms with E-state index < -0.39 is 12.0 Å². The summed E-state index contributed by atoms with van der Waals surface area (Å²) in [7, 11) is 0. The molecule has 3 aromatic rings. The Morgan fingerprint density at radius 2 is 1.96 bits per heavy atom. The number of benzene rings is 2. The predicted octanol–water partition coefficient (Wildman–Crippen LogP) is 3.15. The number of aromatic amines is 1. The number of ether oxygens (including phenoxy) is 2. The van der Waals surface area contributed by atoms with Crippen LogP contribution in [0.25, 0.3) is 10.9 Å². The number of rotatable bonds is 8. The highest BCUT2D eigenvalue weighted by Gasteiger charge is 2.24. The van der Waals surface area contributed by atoms with Gasteiger partial charge in [0.25, 0.3) is 5.91 Å². The maximum atomic E-state index is 12.4. The monoisotopic (exact) mass is 380 g/mol. The molecular weight excluding hydrogens is 356 g/mol. The molecule has 0 aliphatic rings. The summed E-state index contributed by atoms with van der Waals surface area (Å²) in [6.07, 6.45) is 2.19. The van der Waals surface area contributed by atoms with E-state index in [0.717, 1.165) is 22.0 Å². The molecule has 0 spiro atoms. The molecule has 2 aromatic carbocycles. The number of aromatic nitrogens is 1. The van der Waals surface area contributed by atoms with Gasteiger partial charge in [-0.1, -0.05) is 30.3 Å². The minimum absolute atomic E-state index is 0.173. The van der Waals surface area contributed by atoms with Crippen LogP contribution in [0.15, 0.2) is 54.7 Å². The van der Waals surface area contributed by atoms with Gasteiger partial charge < -0.3 is 19.8 Å². The maximum Gasteiger partial charge on any atom is 0.328 e. The first-order valence-electron chi connectivity index (χ1n) is 9.27. The van der Waals surface area contributed by atoms with E-state index in [2.05, 4.69) is 10.3 Å². The molecular formula is C22H24N2O4. The highest BCUT2D eigenvalue weighted by molar-refractivity contribution is 5.87. The molecule has 1 aromatic heterocycles. The van der Waals surface area contributed by atoms with Crippen molar-refractivity contribution in [2.24, 2.45) is 0 Å². The Hall–Kier alpha value is -3.28. The van der Waals surface area contributed by atoms with Crippen LogP contribution in [0.4, 0.5) is 0 Å². The van der Waals surface area contributed by atoms with Gasteiger partial charge in [-0.3, -0.25) is 4.79 Å². The third-order valence-corrected chi connectivity index (χ3v) is 4.36. The van der Waals surface area contributed by atoms with Crippen molar-refractivity contribution in [2.45, 2.75) is 26.3 Å². The summed E-state index contributed by atoms with van der Waals surface area (Å²) >= 11 is 0. The van der Waals surface area contributed by atoms with Crippen molar-refractivity contribution >= 4 is 22.8 Å². The minimum Gasteiger partial charge on any atom is -0.484 e. The number of para-hydroxylation sites is 1. The van der Waals surface area contributed by atoms with E-state index in [1.54, 1.807) is 13.0 Å². The molecule has 0 radical (unpaired) electrons. The van der Waals surface area contributed by atoms with Crippen molar-refractivity contribution < 1.29 is 19.1 Å². The number of hydrogen-bond acceptors (Lipinski definition) is 4. The molecule has 0 saturated carbocycles. The van der Waals surface area contributed by atoms with Gasteiger partial charge in [0.1, 0.15) is 11.8 Å². The van der Waals surface area contributed by atoms with Gasteiger partial charge in [-0.05, 0) is 43.2 Å². The Balaban J connectivity index is 1.67. The molecule has 6 nitrogen and oxygen atoms in total. The van der Waals surface area contributed by atoms with Crippen molar-refractivity contribution in [3.05, 3.63) is 65.9 Å². The fourth-order valence-corrected chi connectivity index (χ4v) is 3.05.